The largest absolute Gasteiger partial charge is 0.305 e. The molecule has 0 bridgehead atoms. The maximum absolute atomic E-state index is 10.7. The van der Waals surface area contributed by atoms with Gasteiger partial charge < -0.3 is 4.84 Å². The summed E-state index contributed by atoms with van der Waals surface area (Å²) in [7, 11) is 1.43. The van der Waals surface area contributed by atoms with E-state index in [1.54, 1.807) is 24.3 Å². The minimum absolute atomic E-state index is 0.160. The van der Waals surface area contributed by atoms with E-state index >= 15 is 0 Å². The third-order valence-electron chi connectivity index (χ3n) is 1.86. The zero-order valence-electron chi connectivity index (χ0n) is 7.84. The first-order valence-corrected chi connectivity index (χ1v) is 4.20. The van der Waals surface area contributed by atoms with Crippen LogP contribution in [0.5, 0.6) is 0 Å². The van der Waals surface area contributed by atoms with Gasteiger partial charge in [0.1, 0.15) is 0 Å². The zero-order valence-corrected chi connectivity index (χ0v) is 7.84. The summed E-state index contributed by atoms with van der Waals surface area (Å²) in [6, 6.07) is 8.06. The molecule has 0 amide bonds. The molecule has 0 saturated carbocycles. The van der Waals surface area contributed by atoms with Gasteiger partial charge in [0.05, 0.1) is 13.7 Å². The Labute approximate surface area is 81.8 Å². The Morgan fingerprint density at radius 3 is 2.64 bits per heavy atom. The summed E-state index contributed by atoms with van der Waals surface area (Å²) < 4.78 is 0. The molecule has 5 nitrogen and oxygen atoms in total. The van der Waals surface area contributed by atoms with Gasteiger partial charge in [-0.3, -0.25) is 10.1 Å². The zero-order chi connectivity index (χ0) is 10.4. The average Bonchev–Trinajstić information content (AvgIpc) is 2.19. The molecule has 0 heterocycles. The molecular weight excluding hydrogens is 184 g/mol. The van der Waals surface area contributed by atoms with Gasteiger partial charge in [0.25, 0.3) is 6.04 Å². The van der Waals surface area contributed by atoms with Gasteiger partial charge in [-0.2, -0.15) is 5.48 Å². The standard InChI is InChI=1S/C9H12N2O3/c1-14-10-7-9(11(12)13)8-5-3-2-4-6-8/h2-6,9-10H,7H2,1H3. The lowest BCUT2D eigenvalue weighted by Crippen LogP contribution is -2.25. The Morgan fingerprint density at radius 1 is 1.50 bits per heavy atom. The molecular formula is C9H12N2O3. The number of benzene rings is 1. The van der Waals surface area contributed by atoms with E-state index in [0.29, 0.717) is 5.56 Å². The topological polar surface area (TPSA) is 64.4 Å². The molecule has 14 heavy (non-hydrogen) atoms. The fourth-order valence-corrected chi connectivity index (χ4v) is 1.15. The van der Waals surface area contributed by atoms with Crippen molar-refractivity contribution in [2.24, 2.45) is 0 Å². The van der Waals surface area contributed by atoms with Crippen LogP contribution < -0.4 is 5.48 Å². The molecule has 1 unspecified atom stereocenters. The Hall–Kier alpha value is -1.46. The van der Waals surface area contributed by atoms with Crippen molar-refractivity contribution in [3.8, 4) is 0 Å². The normalized spacial score (nSPS) is 12.4. The molecule has 1 atom stereocenters. The van der Waals surface area contributed by atoms with Crippen LogP contribution in [-0.4, -0.2) is 18.6 Å². The second-order valence-corrected chi connectivity index (χ2v) is 2.76. The average molecular weight is 196 g/mol. The number of nitrogens with zero attached hydrogens (tertiary/aromatic N) is 1. The molecule has 1 aromatic rings. The van der Waals surface area contributed by atoms with Gasteiger partial charge in [-0.15, -0.1) is 0 Å². The molecule has 0 aliphatic heterocycles. The van der Waals surface area contributed by atoms with Crippen LogP contribution in [-0.2, 0) is 4.84 Å². The smallest absolute Gasteiger partial charge is 0.252 e. The summed E-state index contributed by atoms with van der Waals surface area (Å²) >= 11 is 0. The van der Waals surface area contributed by atoms with E-state index in [9.17, 15) is 10.1 Å². The highest BCUT2D eigenvalue weighted by Crippen LogP contribution is 2.14. The van der Waals surface area contributed by atoms with Crippen LogP contribution in [0, 0.1) is 10.1 Å². The number of hydroxylamine groups is 1. The van der Waals surface area contributed by atoms with Crippen molar-refractivity contribution in [1.29, 1.82) is 0 Å². The quantitative estimate of drug-likeness (QED) is 0.566. The fraction of sp³-hybridized carbons (Fsp3) is 0.333. The van der Waals surface area contributed by atoms with Crippen LogP contribution in [0.2, 0.25) is 0 Å². The SMILES string of the molecule is CONCC(c1ccccc1)[N+](=O)[O-]. The van der Waals surface area contributed by atoms with E-state index < -0.39 is 6.04 Å². The second-order valence-electron chi connectivity index (χ2n) is 2.76. The van der Waals surface area contributed by atoms with Crippen LogP contribution >= 0.6 is 0 Å². The minimum Gasteiger partial charge on any atom is -0.305 e. The third kappa shape index (κ3) is 2.79. The van der Waals surface area contributed by atoms with Gasteiger partial charge in [0.15, 0.2) is 0 Å². The number of nitrogens with one attached hydrogen (secondary N) is 1. The predicted octanol–water partition coefficient (Wildman–Crippen LogP) is 1.16. The Morgan fingerprint density at radius 2 is 2.14 bits per heavy atom. The number of rotatable bonds is 5. The molecule has 0 aliphatic rings. The van der Waals surface area contributed by atoms with Crippen molar-refractivity contribution in [1.82, 2.24) is 5.48 Å². The van der Waals surface area contributed by atoms with E-state index in [-0.39, 0.29) is 11.5 Å². The lowest BCUT2D eigenvalue weighted by molar-refractivity contribution is -0.528. The molecule has 0 radical (unpaired) electrons. The molecule has 1 aromatic carbocycles. The summed E-state index contributed by atoms with van der Waals surface area (Å²) in [6.07, 6.45) is 0. The van der Waals surface area contributed by atoms with Gasteiger partial charge in [0.2, 0.25) is 0 Å². The van der Waals surface area contributed by atoms with Gasteiger partial charge >= 0.3 is 0 Å². The van der Waals surface area contributed by atoms with Crippen LogP contribution in [0.15, 0.2) is 30.3 Å². The maximum atomic E-state index is 10.7. The third-order valence-corrected chi connectivity index (χ3v) is 1.86. The lowest BCUT2D eigenvalue weighted by Gasteiger charge is -2.09. The van der Waals surface area contributed by atoms with Crippen LogP contribution in [0.25, 0.3) is 0 Å². The Kier molecular flexibility index (Phi) is 4.03. The van der Waals surface area contributed by atoms with E-state index in [0.717, 1.165) is 0 Å². The number of hydrogen-bond acceptors (Lipinski definition) is 4. The molecule has 0 aliphatic carbocycles. The van der Waals surface area contributed by atoms with Gasteiger partial charge in [-0.1, -0.05) is 30.3 Å². The highest BCUT2D eigenvalue weighted by atomic mass is 16.6. The van der Waals surface area contributed by atoms with Gasteiger partial charge in [-0.05, 0) is 0 Å². The van der Waals surface area contributed by atoms with Crippen molar-refractivity contribution < 1.29 is 9.76 Å². The van der Waals surface area contributed by atoms with E-state index in [4.69, 9.17) is 0 Å². The summed E-state index contributed by atoms with van der Waals surface area (Å²) in [6.45, 7) is 0.160. The monoisotopic (exact) mass is 196 g/mol. The predicted molar refractivity (Wildman–Crippen MR) is 51.2 cm³/mol. The second kappa shape index (κ2) is 5.31. The molecule has 0 saturated heterocycles. The van der Waals surface area contributed by atoms with Crippen LogP contribution in [0.3, 0.4) is 0 Å². The van der Waals surface area contributed by atoms with E-state index in [1.165, 1.54) is 7.11 Å². The van der Waals surface area contributed by atoms with Crippen molar-refractivity contribution in [2.45, 2.75) is 6.04 Å². The van der Waals surface area contributed by atoms with Gasteiger partial charge in [0, 0.05) is 10.5 Å². The number of hydrogen-bond donors (Lipinski definition) is 1. The molecule has 0 fully saturated rings. The van der Waals surface area contributed by atoms with Gasteiger partial charge in [-0.25, -0.2) is 0 Å². The summed E-state index contributed by atoms with van der Waals surface area (Å²) in [4.78, 5) is 15.0. The Balaban J connectivity index is 2.73. The van der Waals surface area contributed by atoms with Crippen LogP contribution in [0.1, 0.15) is 11.6 Å². The first kappa shape index (κ1) is 10.6. The first-order chi connectivity index (χ1) is 6.75. The van der Waals surface area contributed by atoms with Crippen molar-refractivity contribution in [2.75, 3.05) is 13.7 Å². The van der Waals surface area contributed by atoms with Crippen molar-refractivity contribution in [3.05, 3.63) is 46.0 Å². The molecule has 1 N–H and O–H groups in total. The summed E-state index contributed by atoms with van der Waals surface area (Å²) in [5.74, 6) is 0. The van der Waals surface area contributed by atoms with E-state index in [2.05, 4.69) is 10.3 Å². The van der Waals surface area contributed by atoms with Crippen molar-refractivity contribution in [3.63, 3.8) is 0 Å². The van der Waals surface area contributed by atoms with Crippen LogP contribution in [0.4, 0.5) is 0 Å². The summed E-state index contributed by atoms with van der Waals surface area (Å²) in [5, 5.41) is 10.7. The fourth-order valence-electron chi connectivity index (χ4n) is 1.15. The molecule has 5 heteroatoms. The summed E-state index contributed by atoms with van der Waals surface area (Å²) in [5.41, 5.74) is 3.16. The maximum Gasteiger partial charge on any atom is 0.252 e. The lowest BCUT2D eigenvalue weighted by atomic mass is 10.1. The number of nitro groups is 1. The molecule has 76 valence electrons. The van der Waals surface area contributed by atoms with Crippen molar-refractivity contribution >= 4 is 0 Å². The molecule has 1 rings (SSSR count). The Bertz CT molecular complexity index is 289. The minimum atomic E-state index is -0.767. The van der Waals surface area contributed by atoms with E-state index in [1.807, 2.05) is 6.07 Å². The molecule has 0 aromatic heterocycles. The first-order valence-electron chi connectivity index (χ1n) is 4.20. The highest BCUT2D eigenvalue weighted by molar-refractivity contribution is 5.17. The molecule has 0 spiro atoms. The highest BCUT2D eigenvalue weighted by Gasteiger charge is 2.21.